The van der Waals surface area contributed by atoms with Gasteiger partial charge in [-0.15, -0.1) is 16.4 Å². The highest BCUT2D eigenvalue weighted by molar-refractivity contribution is 7.18. The Balaban J connectivity index is 2.15. The van der Waals surface area contributed by atoms with Gasteiger partial charge in [-0.05, 0) is 31.2 Å². The number of rotatable bonds is 2. The van der Waals surface area contributed by atoms with Gasteiger partial charge < -0.3 is 4.74 Å². The summed E-state index contributed by atoms with van der Waals surface area (Å²) in [5, 5.41) is 8.50. The Kier molecular flexibility index (Phi) is 3.06. The molecule has 0 aliphatic heterocycles. The van der Waals surface area contributed by atoms with Gasteiger partial charge in [0, 0.05) is 4.88 Å². The van der Waals surface area contributed by atoms with Crippen molar-refractivity contribution in [3.05, 3.63) is 20.8 Å². The maximum absolute atomic E-state index is 12.4. The van der Waals surface area contributed by atoms with Crippen LogP contribution in [0.5, 0.6) is 0 Å². The van der Waals surface area contributed by atoms with E-state index >= 15 is 0 Å². The van der Waals surface area contributed by atoms with Crippen LogP contribution in [-0.4, -0.2) is 28.1 Å². The molecule has 1 aliphatic rings. The molecule has 100 valence electrons. The molecule has 19 heavy (non-hydrogen) atoms. The number of fused-ring (bicyclic) bond motifs is 3. The molecule has 0 fully saturated rings. The van der Waals surface area contributed by atoms with E-state index in [1.807, 2.05) is 0 Å². The number of carbonyl (C=O) groups excluding carboxylic acids is 1. The second-order valence-corrected chi connectivity index (χ2v) is 5.60. The summed E-state index contributed by atoms with van der Waals surface area (Å²) in [5.74, 6) is -0.500. The van der Waals surface area contributed by atoms with Crippen LogP contribution in [0.2, 0.25) is 0 Å². The van der Waals surface area contributed by atoms with E-state index in [4.69, 9.17) is 0 Å². The molecule has 0 unspecified atom stereocenters. The fraction of sp³-hybridized carbons (Fsp3) is 0.500. The summed E-state index contributed by atoms with van der Waals surface area (Å²) in [6, 6.07) is 0. The van der Waals surface area contributed by atoms with Gasteiger partial charge in [0.15, 0.2) is 4.83 Å². The van der Waals surface area contributed by atoms with Crippen molar-refractivity contribution in [1.82, 2.24) is 15.0 Å². The molecule has 0 radical (unpaired) electrons. The topological polar surface area (TPSA) is 74.1 Å². The van der Waals surface area contributed by atoms with Crippen LogP contribution in [0, 0.1) is 0 Å². The standard InChI is InChI=1S/C12H13N3O3S/c1-18-9(16)6-15-12(17)10-7-4-2-3-5-8(7)19-11(10)13-14-15/h2-6H2,1H3. The first kappa shape index (κ1) is 12.3. The van der Waals surface area contributed by atoms with E-state index in [1.165, 1.54) is 12.0 Å². The number of methoxy groups -OCH3 is 1. The van der Waals surface area contributed by atoms with E-state index in [1.54, 1.807) is 11.3 Å². The normalized spacial score (nSPS) is 14.4. The highest BCUT2D eigenvalue weighted by atomic mass is 32.1. The average Bonchev–Trinajstić information content (AvgIpc) is 2.81. The largest absolute Gasteiger partial charge is 0.468 e. The maximum atomic E-state index is 12.4. The van der Waals surface area contributed by atoms with Crippen LogP contribution in [-0.2, 0) is 28.9 Å². The highest BCUT2D eigenvalue weighted by Crippen LogP contribution is 2.32. The Morgan fingerprint density at radius 2 is 2.21 bits per heavy atom. The van der Waals surface area contributed by atoms with Gasteiger partial charge in [0.25, 0.3) is 5.56 Å². The fourth-order valence-corrected chi connectivity index (χ4v) is 3.59. The van der Waals surface area contributed by atoms with Crippen molar-refractivity contribution in [3.63, 3.8) is 0 Å². The first-order valence-electron chi connectivity index (χ1n) is 6.15. The van der Waals surface area contributed by atoms with E-state index in [0.717, 1.165) is 35.9 Å². The zero-order chi connectivity index (χ0) is 13.4. The lowest BCUT2D eigenvalue weighted by molar-refractivity contribution is -0.141. The summed E-state index contributed by atoms with van der Waals surface area (Å²) in [6.07, 6.45) is 4.17. The summed E-state index contributed by atoms with van der Waals surface area (Å²) in [4.78, 5) is 25.5. The third kappa shape index (κ3) is 2.03. The monoisotopic (exact) mass is 279 g/mol. The molecule has 0 atom stereocenters. The molecule has 0 saturated carbocycles. The van der Waals surface area contributed by atoms with Crippen LogP contribution in [0.25, 0.3) is 10.2 Å². The number of aryl methyl sites for hydroxylation is 2. The van der Waals surface area contributed by atoms with Crippen LogP contribution < -0.4 is 5.56 Å². The molecule has 2 aromatic rings. The molecule has 2 heterocycles. The van der Waals surface area contributed by atoms with E-state index < -0.39 is 5.97 Å². The number of esters is 1. The number of hydrogen-bond acceptors (Lipinski definition) is 6. The van der Waals surface area contributed by atoms with Crippen molar-refractivity contribution >= 4 is 27.5 Å². The first-order chi connectivity index (χ1) is 9.20. The molecule has 0 amide bonds. The minimum atomic E-state index is -0.500. The number of thiophene rings is 1. The minimum Gasteiger partial charge on any atom is -0.468 e. The van der Waals surface area contributed by atoms with Crippen molar-refractivity contribution in [2.45, 2.75) is 32.2 Å². The Morgan fingerprint density at radius 1 is 1.42 bits per heavy atom. The van der Waals surface area contributed by atoms with Crippen molar-refractivity contribution in [2.75, 3.05) is 7.11 Å². The molecule has 1 aliphatic carbocycles. The van der Waals surface area contributed by atoms with E-state index in [-0.39, 0.29) is 12.1 Å². The lowest BCUT2D eigenvalue weighted by Gasteiger charge is -2.09. The molecule has 0 bridgehead atoms. The maximum Gasteiger partial charge on any atom is 0.327 e. The number of aromatic nitrogens is 3. The number of carbonyl (C=O) groups is 1. The smallest absolute Gasteiger partial charge is 0.327 e. The molecule has 0 N–H and O–H groups in total. The molecule has 2 aromatic heterocycles. The van der Waals surface area contributed by atoms with E-state index in [0.29, 0.717) is 10.2 Å². The SMILES string of the molecule is COC(=O)Cn1nnc2sc3c(c2c1=O)CCCC3. The van der Waals surface area contributed by atoms with E-state index in [9.17, 15) is 9.59 Å². The predicted molar refractivity (Wildman–Crippen MR) is 70.3 cm³/mol. The summed E-state index contributed by atoms with van der Waals surface area (Å²) in [7, 11) is 1.28. The second kappa shape index (κ2) is 4.73. The zero-order valence-corrected chi connectivity index (χ0v) is 11.3. The zero-order valence-electron chi connectivity index (χ0n) is 10.5. The van der Waals surface area contributed by atoms with Gasteiger partial charge in [-0.3, -0.25) is 9.59 Å². The molecule has 7 heteroatoms. The fourth-order valence-electron chi connectivity index (χ4n) is 2.40. The quantitative estimate of drug-likeness (QED) is 0.764. The molecular weight excluding hydrogens is 266 g/mol. The van der Waals surface area contributed by atoms with Crippen LogP contribution in [0.4, 0.5) is 0 Å². The Labute approximate surface area is 113 Å². The molecular formula is C12H13N3O3S. The molecule has 3 rings (SSSR count). The summed E-state index contributed by atoms with van der Waals surface area (Å²) < 4.78 is 5.63. The third-order valence-corrected chi connectivity index (χ3v) is 4.53. The lowest BCUT2D eigenvalue weighted by Crippen LogP contribution is -2.28. The Bertz CT molecular complexity index is 704. The van der Waals surface area contributed by atoms with Crippen molar-refractivity contribution in [2.24, 2.45) is 0 Å². The number of hydrogen-bond donors (Lipinski definition) is 0. The number of ether oxygens (including phenoxy) is 1. The third-order valence-electron chi connectivity index (χ3n) is 3.35. The van der Waals surface area contributed by atoms with Crippen LogP contribution in [0.15, 0.2) is 4.79 Å². The Hall–Kier alpha value is -1.76. The lowest BCUT2D eigenvalue weighted by atomic mass is 9.97. The van der Waals surface area contributed by atoms with Gasteiger partial charge in [-0.25, -0.2) is 0 Å². The molecule has 6 nitrogen and oxygen atoms in total. The van der Waals surface area contributed by atoms with Crippen LogP contribution >= 0.6 is 11.3 Å². The van der Waals surface area contributed by atoms with E-state index in [2.05, 4.69) is 15.0 Å². The molecule has 0 aromatic carbocycles. The molecule has 0 spiro atoms. The first-order valence-corrected chi connectivity index (χ1v) is 6.97. The van der Waals surface area contributed by atoms with Gasteiger partial charge in [0.1, 0.15) is 6.54 Å². The van der Waals surface area contributed by atoms with Crippen molar-refractivity contribution < 1.29 is 9.53 Å². The van der Waals surface area contributed by atoms with Crippen molar-refractivity contribution in [1.29, 1.82) is 0 Å². The number of nitrogens with zero attached hydrogens (tertiary/aromatic N) is 3. The van der Waals surface area contributed by atoms with Crippen molar-refractivity contribution in [3.8, 4) is 0 Å². The summed E-state index contributed by atoms with van der Waals surface area (Å²) >= 11 is 1.54. The second-order valence-electron chi connectivity index (χ2n) is 4.52. The highest BCUT2D eigenvalue weighted by Gasteiger charge is 2.21. The Morgan fingerprint density at radius 3 is 3.00 bits per heavy atom. The van der Waals surface area contributed by atoms with Crippen LogP contribution in [0.1, 0.15) is 23.3 Å². The summed E-state index contributed by atoms with van der Waals surface area (Å²) in [6.45, 7) is -0.192. The summed E-state index contributed by atoms with van der Waals surface area (Å²) in [5.41, 5.74) is 0.861. The van der Waals surface area contributed by atoms with Crippen LogP contribution in [0.3, 0.4) is 0 Å². The average molecular weight is 279 g/mol. The predicted octanol–water partition coefficient (Wildman–Crippen LogP) is 0.905. The minimum absolute atomic E-state index is 0.192. The molecule has 0 saturated heterocycles. The van der Waals surface area contributed by atoms with Gasteiger partial charge in [-0.2, -0.15) is 4.68 Å². The van der Waals surface area contributed by atoms with Gasteiger partial charge in [0.2, 0.25) is 0 Å². The van der Waals surface area contributed by atoms with Gasteiger partial charge in [0.05, 0.1) is 12.5 Å². The van der Waals surface area contributed by atoms with Gasteiger partial charge >= 0.3 is 5.97 Å². The van der Waals surface area contributed by atoms with Gasteiger partial charge in [-0.1, -0.05) is 5.21 Å².